The molecule has 1 saturated heterocycles. The van der Waals surface area contributed by atoms with Gasteiger partial charge in [-0.15, -0.1) is 0 Å². The summed E-state index contributed by atoms with van der Waals surface area (Å²) in [6.45, 7) is 5.81. The van der Waals surface area contributed by atoms with Gasteiger partial charge in [0, 0.05) is 18.6 Å². The van der Waals surface area contributed by atoms with E-state index in [9.17, 15) is 5.11 Å². The van der Waals surface area contributed by atoms with Crippen LogP contribution in [0.25, 0.3) is 0 Å². The SMILES string of the molecule is CC(NCC1CCN(C2CC2)C1)c1cccc(O)c1. The molecule has 3 rings (SSSR count). The molecule has 19 heavy (non-hydrogen) atoms. The molecule has 3 nitrogen and oxygen atoms in total. The van der Waals surface area contributed by atoms with Crippen LogP contribution in [0.3, 0.4) is 0 Å². The molecule has 1 saturated carbocycles. The van der Waals surface area contributed by atoms with E-state index in [1.165, 1.54) is 32.4 Å². The normalized spacial score (nSPS) is 25.6. The van der Waals surface area contributed by atoms with Crippen LogP contribution in [0.4, 0.5) is 0 Å². The predicted octanol–water partition coefficient (Wildman–Crippen LogP) is 2.53. The molecule has 0 spiro atoms. The molecule has 1 aromatic rings. The van der Waals surface area contributed by atoms with Crippen molar-refractivity contribution in [3.63, 3.8) is 0 Å². The summed E-state index contributed by atoms with van der Waals surface area (Å²) in [6.07, 6.45) is 4.16. The minimum absolute atomic E-state index is 0.307. The number of nitrogens with zero attached hydrogens (tertiary/aromatic N) is 1. The Balaban J connectivity index is 1.46. The highest BCUT2D eigenvalue weighted by molar-refractivity contribution is 5.29. The van der Waals surface area contributed by atoms with E-state index in [0.717, 1.165) is 24.1 Å². The highest BCUT2D eigenvalue weighted by Gasteiger charge is 2.34. The maximum Gasteiger partial charge on any atom is 0.115 e. The number of aromatic hydroxyl groups is 1. The minimum atomic E-state index is 0.307. The van der Waals surface area contributed by atoms with Gasteiger partial charge in [-0.2, -0.15) is 0 Å². The summed E-state index contributed by atoms with van der Waals surface area (Å²) in [5, 5.41) is 13.1. The Morgan fingerprint density at radius 2 is 2.21 bits per heavy atom. The number of rotatable bonds is 5. The van der Waals surface area contributed by atoms with Gasteiger partial charge in [-0.25, -0.2) is 0 Å². The van der Waals surface area contributed by atoms with Crippen LogP contribution < -0.4 is 5.32 Å². The summed E-state index contributed by atoms with van der Waals surface area (Å²) in [5.74, 6) is 1.15. The summed E-state index contributed by atoms with van der Waals surface area (Å²) >= 11 is 0. The summed E-state index contributed by atoms with van der Waals surface area (Å²) in [5.41, 5.74) is 1.16. The Morgan fingerprint density at radius 3 is 2.95 bits per heavy atom. The summed E-state index contributed by atoms with van der Waals surface area (Å²) in [6, 6.07) is 8.77. The van der Waals surface area contributed by atoms with E-state index in [2.05, 4.69) is 23.2 Å². The quantitative estimate of drug-likeness (QED) is 0.854. The summed E-state index contributed by atoms with van der Waals surface area (Å²) < 4.78 is 0. The lowest BCUT2D eigenvalue weighted by Gasteiger charge is -2.18. The molecule has 1 aliphatic heterocycles. The van der Waals surface area contributed by atoms with Crippen molar-refractivity contribution in [2.24, 2.45) is 5.92 Å². The van der Waals surface area contributed by atoms with Gasteiger partial charge in [-0.05, 0) is 62.9 Å². The van der Waals surface area contributed by atoms with E-state index < -0.39 is 0 Å². The van der Waals surface area contributed by atoms with Crippen LogP contribution >= 0.6 is 0 Å². The first kappa shape index (κ1) is 12.9. The molecule has 2 aliphatic rings. The zero-order chi connectivity index (χ0) is 13.2. The molecule has 2 N–H and O–H groups in total. The number of phenolic OH excluding ortho intramolecular Hbond substituents is 1. The first-order chi connectivity index (χ1) is 9.22. The molecule has 2 unspecified atom stereocenters. The lowest BCUT2D eigenvalue weighted by atomic mass is 10.1. The molecule has 0 bridgehead atoms. The summed E-state index contributed by atoms with van der Waals surface area (Å²) in [7, 11) is 0. The Hall–Kier alpha value is -1.06. The van der Waals surface area contributed by atoms with E-state index >= 15 is 0 Å². The van der Waals surface area contributed by atoms with E-state index in [4.69, 9.17) is 0 Å². The second kappa shape index (κ2) is 5.51. The molecular weight excluding hydrogens is 236 g/mol. The lowest BCUT2D eigenvalue weighted by molar-refractivity contribution is 0.310. The third-order valence-electron chi connectivity index (χ3n) is 4.46. The smallest absolute Gasteiger partial charge is 0.115 e. The van der Waals surface area contributed by atoms with Crippen LogP contribution in [0.1, 0.15) is 37.8 Å². The zero-order valence-corrected chi connectivity index (χ0v) is 11.7. The largest absolute Gasteiger partial charge is 0.508 e. The highest BCUT2D eigenvalue weighted by Crippen LogP contribution is 2.31. The summed E-state index contributed by atoms with van der Waals surface area (Å²) in [4.78, 5) is 2.66. The van der Waals surface area contributed by atoms with Crippen LogP contribution in [0.15, 0.2) is 24.3 Å². The average Bonchev–Trinajstić information content (AvgIpc) is 3.15. The van der Waals surface area contributed by atoms with Crippen molar-refractivity contribution >= 4 is 0 Å². The fraction of sp³-hybridized carbons (Fsp3) is 0.625. The molecule has 0 radical (unpaired) electrons. The van der Waals surface area contributed by atoms with Crippen molar-refractivity contribution in [3.8, 4) is 5.75 Å². The molecule has 3 heteroatoms. The van der Waals surface area contributed by atoms with Gasteiger partial charge in [0.25, 0.3) is 0 Å². The monoisotopic (exact) mass is 260 g/mol. The van der Waals surface area contributed by atoms with Gasteiger partial charge in [-0.1, -0.05) is 12.1 Å². The second-order valence-electron chi connectivity index (χ2n) is 6.11. The molecule has 2 fully saturated rings. The topological polar surface area (TPSA) is 35.5 Å². The van der Waals surface area contributed by atoms with E-state index in [1.54, 1.807) is 6.07 Å². The first-order valence-corrected chi connectivity index (χ1v) is 7.49. The van der Waals surface area contributed by atoms with Gasteiger partial charge >= 0.3 is 0 Å². The molecule has 2 atom stereocenters. The average molecular weight is 260 g/mol. The Bertz CT molecular complexity index is 431. The minimum Gasteiger partial charge on any atom is -0.508 e. The van der Waals surface area contributed by atoms with E-state index in [0.29, 0.717) is 11.8 Å². The van der Waals surface area contributed by atoms with Crippen molar-refractivity contribution in [2.45, 2.75) is 38.3 Å². The molecule has 104 valence electrons. The lowest BCUT2D eigenvalue weighted by Crippen LogP contribution is -2.29. The van der Waals surface area contributed by atoms with Crippen molar-refractivity contribution in [1.82, 2.24) is 10.2 Å². The van der Waals surface area contributed by atoms with Crippen LogP contribution in [0, 0.1) is 5.92 Å². The Morgan fingerprint density at radius 1 is 1.37 bits per heavy atom. The number of nitrogens with one attached hydrogen (secondary N) is 1. The zero-order valence-electron chi connectivity index (χ0n) is 11.7. The van der Waals surface area contributed by atoms with Gasteiger partial charge in [-0.3, -0.25) is 0 Å². The standard InChI is InChI=1S/C16H24N2O/c1-12(14-3-2-4-16(19)9-14)17-10-13-7-8-18(11-13)15-5-6-15/h2-4,9,12-13,15,17,19H,5-8,10-11H2,1H3. The van der Waals surface area contributed by atoms with Crippen molar-refractivity contribution < 1.29 is 5.11 Å². The van der Waals surface area contributed by atoms with Crippen LogP contribution in [-0.4, -0.2) is 35.7 Å². The van der Waals surface area contributed by atoms with Gasteiger partial charge in [0.05, 0.1) is 0 Å². The Kier molecular flexibility index (Phi) is 3.76. The maximum atomic E-state index is 9.51. The number of hydrogen-bond acceptors (Lipinski definition) is 3. The molecule has 0 amide bonds. The van der Waals surface area contributed by atoms with E-state index in [1.807, 2.05) is 12.1 Å². The fourth-order valence-corrected chi connectivity index (χ4v) is 3.06. The van der Waals surface area contributed by atoms with Crippen molar-refractivity contribution in [1.29, 1.82) is 0 Å². The molecule has 1 aromatic carbocycles. The number of hydrogen-bond donors (Lipinski definition) is 2. The van der Waals surface area contributed by atoms with Gasteiger partial charge in [0.1, 0.15) is 5.75 Å². The first-order valence-electron chi connectivity index (χ1n) is 7.49. The Labute approximate surface area is 115 Å². The maximum absolute atomic E-state index is 9.51. The number of likely N-dealkylation sites (tertiary alicyclic amines) is 1. The number of phenols is 1. The van der Waals surface area contributed by atoms with Gasteiger partial charge in [0.2, 0.25) is 0 Å². The highest BCUT2D eigenvalue weighted by atomic mass is 16.3. The predicted molar refractivity (Wildman–Crippen MR) is 77.2 cm³/mol. The van der Waals surface area contributed by atoms with E-state index in [-0.39, 0.29) is 0 Å². The van der Waals surface area contributed by atoms with Crippen molar-refractivity contribution in [3.05, 3.63) is 29.8 Å². The third kappa shape index (κ3) is 3.28. The van der Waals surface area contributed by atoms with Crippen LogP contribution in [-0.2, 0) is 0 Å². The molecule has 0 aromatic heterocycles. The molecule has 1 heterocycles. The second-order valence-corrected chi connectivity index (χ2v) is 6.11. The number of benzene rings is 1. The van der Waals surface area contributed by atoms with Crippen molar-refractivity contribution in [2.75, 3.05) is 19.6 Å². The molecule has 1 aliphatic carbocycles. The van der Waals surface area contributed by atoms with Gasteiger partial charge in [0.15, 0.2) is 0 Å². The van der Waals surface area contributed by atoms with Crippen LogP contribution in [0.5, 0.6) is 5.75 Å². The van der Waals surface area contributed by atoms with Gasteiger partial charge < -0.3 is 15.3 Å². The molecular formula is C16H24N2O. The third-order valence-corrected chi connectivity index (χ3v) is 4.46. The van der Waals surface area contributed by atoms with Crippen LogP contribution in [0.2, 0.25) is 0 Å². The fourth-order valence-electron chi connectivity index (χ4n) is 3.06.